The van der Waals surface area contributed by atoms with Crippen molar-refractivity contribution in [2.75, 3.05) is 12.9 Å². The molecule has 0 amide bonds. The van der Waals surface area contributed by atoms with Crippen LogP contribution in [0.1, 0.15) is 16.6 Å². The summed E-state index contributed by atoms with van der Waals surface area (Å²) in [5.41, 5.74) is 0. The van der Waals surface area contributed by atoms with Crippen molar-refractivity contribution in [1.29, 1.82) is 0 Å². The van der Waals surface area contributed by atoms with Crippen LogP contribution in [0.2, 0.25) is 0 Å². The molecule has 0 spiro atoms. The van der Waals surface area contributed by atoms with E-state index in [1.165, 1.54) is 11.3 Å². The van der Waals surface area contributed by atoms with Crippen molar-refractivity contribution in [2.24, 2.45) is 0 Å². The van der Waals surface area contributed by atoms with E-state index in [2.05, 4.69) is 0 Å². The van der Waals surface area contributed by atoms with Crippen molar-refractivity contribution in [3.8, 4) is 0 Å². The van der Waals surface area contributed by atoms with Crippen LogP contribution in [0.5, 0.6) is 0 Å². The second-order valence-electron chi connectivity index (χ2n) is 2.04. The Morgan fingerprint density at radius 2 is 2.42 bits per heavy atom. The molecule has 0 bridgehead atoms. The van der Waals surface area contributed by atoms with E-state index in [-0.39, 0.29) is 5.97 Å². The molecule has 2 nitrogen and oxygen atoms in total. The molecule has 0 fully saturated rings. The van der Waals surface area contributed by atoms with Crippen LogP contribution in [0.3, 0.4) is 0 Å². The van der Waals surface area contributed by atoms with Gasteiger partial charge in [-0.15, -0.1) is 23.1 Å². The van der Waals surface area contributed by atoms with E-state index in [0.717, 1.165) is 4.21 Å². The van der Waals surface area contributed by atoms with Gasteiger partial charge in [0.25, 0.3) is 0 Å². The largest absolute Gasteiger partial charge is 0.462 e. The lowest BCUT2D eigenvalue weighted by atomic mass is 10.5. The van der Waals surface area contributed by atoms with Crippen LogP contribution in [-0.2, 0) is 4.74 Å². The molecule has 1 aromatic rings. The van der Waals surface area contributed by atoms with Gasteiger partial charge in [-0.25, -0.2) is 4.79 Å². The third-order valence-corrected chi connectivity index (χ3v) is 3.41. The van der Waals surface area contributed by atoms with Gasteiger partial charge in [-0.05, 0) is 25.3 Å². The number of thioether (sulfide) groups is 1. The molecule has 12 heavy (non-hydrogen) atoms. The first kappa shape index (κ1) is 9.61. The highest BCUT2D eigenvalue weighted by atomic mass is 32.2. The summed E-state index contributed by atoms with van der Waals surface area (Å²) in [6.07, 6.45) is 1.99. The fourth-order valence-electron chi connectivity index (χ4n) is 0.742. The lowest BCUT2D eigenvalue weighted by Crippen LogP contribution is -2.01. The van der Waals surface area contributed by atoms with Crippen molar-refractivity contribution in [2.45, 2.75) is 11.1 Å². The Hall–Kier alpha value is -0.480. The Balaban J connectivity index is 2.68. The molecule has 4 heteroatoms. The summed E-state index contributed by atoms with van der Waals surface area (Å²) >= 11 is 3.11. The summed E-state index contributed by atoms with van der Waals surface area (Å²) < 4.78 is 5.99. The molecule has 1 aromatic heterocycles. The van der Waals surface area contributed by atoms with Crippen LogP contribution < -0.4 is 0 Å². The van der Waals surface area contributed by atoms with E-state index in [9.17, 15) is 4.79 Å². The van der Waals surface area contributed by atoms with Gasteiger partial charge in [0.15, 0.2) is 0 Å². The first-order chi connectivity index (χ1) is 5.77. The summed E-state index contributed by atoms with van der Waals surface area (Å²) in [5, 5.41) is 0. The first-order valence-electron chi connectivity index (χ1n) is 3.59. The molecule has 0 saturated heterocycles. The molecule has 0 atom stereocenters. The highest BCUT2D eigenvalue weighted by Crippen LogP contribution is 2.25. The summed E-state index contributed by atoms with van der Waals surface area (Å²) in [6, 6.07) is 3.73. The number of hydrogen-bond donors (Lipinski definition) is 0. The fourth-order valence-corrected chi connectivity index (χ4v) is 2.18. The molecule has 66 valence electrons. The Morgan fingerprint density at radius 3 is 2.92 bits per heavy atom. The van der Waals surface area contributed by atoms with E-state index < -0.39 is 0 Å². The molecule has 0 radical (unpaired) electrons. The fraction of sp³-hybridized carbons (Fsp3) is 0.375. The maximum atomic E-state index is 11.2. The standard InChI is InChI=1S/C8H10O2S2/c1-3-10-8(9)6-4-5-7(11-2)12-6/h4-5H,3H2,1-2H3. The second kappa shape index (κ2) is 4.52. The Bertz CT molecular complexity index is 268. The summed E-state index contributed by atoms with van der Waals surface area (Å²) in [7, 11) is 0. The van der Waals surface area contributed by atoms with Crippen LogP contribution in [0.15, 0.2) is 16.3 Å². The molecular formula is C8H10O2S2. The smallest absolute Gasteiger partial charge is 0.348 e. The highest BCUT2D eigenvalue weighted by molar-refractivity contribution is 8.00. The van der Waals surface area contributed by atoms with Crippen molar-refractivity contribution in [1.82, 2.24) is 0 Å². The SMILES string of the molecule is CCOC(=O)c1ccc(SC)s1. The average molecular weight is 202 g/mol. The average Bonchev–Trinajstić information content (AvgIpc) is 2.52. The molecule has 0 N–H and O–H groups in total. The summed E-state index contributed by atoms with van der Waals surface area (Å²) in [5.74, 6) is -0.220. The number of carbonyl (C=O) groups excluding carboxylic acids is 1. The maximum absolute atomic E-state index is 11.2. The van der Waals surface area contributed by atoms with Crippen molar-refractivity contribution in [3.63, 3.8) is 0 Å². The van der Waals surface area contributed by atoms with Gasteiger partial charge >= 0.3 is 5.97 Å². The van der Waals surface area contributed by atoms with Gasteiger partial charge in [-0.1, -0.05) is 0 Å². The quantitative estimate of drug-likeness (QED) is 0.557. The number of carbonyl (C=O) groups is 1. The minimum atomic E-state index is -0.220. The minimum Gasteiger partial charge on any atom is -0.462 e. The molecule has 1 heterocycles. The van der Waals surface area contributed by atoms with E-state index in [4.69, 9.17) is 4.74 Å². The number of esters is 1. The van der Waals surface area contributed by atoms with Crippen LogP contribution >= 0.6 is 23.1 Å². The lowest BCUT2D eigenvalue weighted by molar-refractivity contribution is 0.0532. The normalized spacial score (nSPS) is 9.83. The van der Waals surface area contributed by atoms with Crippen LogP contribution in [0.25, 0.3) is 0 Å². The lowest BCUT2D eigenvalue weighted by Gasteiger charge is -1.96. The molecule has 0 aliphatic carbocycles. The van der Waals surface area contributed by atoms with Crippen LogP contribution in [-0.4, -0.2) is 18.8 Å². The zero-order chi connectivity index (χ0) is 8.97. The van der Waals surface area contributed by atoms with Gasteiger partial charge in [0, 0.05) is 0 Å². The molecule has 0 unspecified atom stereocenters. The van der Waals surface area contributed by atoms with Gasteiger partial charge in [0.05, 0.1) is 10.8 Å². The van der Waals surface area contributed by atoms with E-state index in [0.29, 0.717) is 11.5 Å². The number of hydrogen-bond acceptors (Lipinski definition) is 4. The molecule has 1 rings (SSSR count). The maximum Gasteiger partial charge on any atom is 0.348 e. The molecular weight excluding hydrogens is 192 g/mol. The minimum absolute atomic E-state index is 0.220. The Kier molecular flexibility index (Phi) is 3.62. The van der Waals surface area contributed by atoms with Gasteiger partial charge in [-0.3, -0.25) is 0 Å². The zero-order valence-corrected chi connectivity index (χ0v) is 8.63. The topological polar surface area (TPSA) is 26.3 Å². The van der Waals surface area contributed by atoms with Gasteiger partial charge in [-0.2, -0.15) is 0 Å². The van der Waals surface area contributed by atoms with Gasteiger partial charge in [0.1, 0.15) is 4.88 Å². The Labute approximate surface area is 79.9 Å². The third kappa shape index (κ3) is 2.25. The third-order valence-electron chi connectivity index (χ3n) is 1.26. The molecule has 0 aliphatic heterocycles. The monoisotopic (exact) mass is 202 g/mol. The van der Waals surface area contributed by atoms with Crippen molar-refractivity contribution in [3.05, 3.63) is 17.0 Å². The van der Waals surface area contributed by atoms with Gasteiger partial charge < -0.3 is 4.74 Å². The Morgan fingerprint density at radius 1 is 1.67 bits per heavy atom. The van der Waals surface area contributed by atoms with Crippen LogP contribution in [0.4, 0.5) is 0 Å². The van der Waals surface area contributed by atoms with E-state index >= 15 is 0 Å². The predicted octanol–water partition coefficient (Wildman–Crippen LogP) is 2.65. The molecule has 0 saturated carbocycles. The molecule has 0 aliphatic rings. The predicted molar refractivity (Wildman–Crippen MR) is 52.1 cm³/mol. The second-order valence-corrected chi connectivity index (χ2v) is 4.23. The number of rotatable bonds is 3. The van der Waals surface area contributed by atoms with Gasteiger partial charge in [0.2, 0.25) is 0 Å². The zero-order valence-electron chi connectivity index (χ0n) is 6.99. The summed E-state index contributed by atoms with van der Waals surface area (Å²) in [4.78, 5) is 11.8. The number of thiophene rings is 1. The number of ether oxygens (including phenoxy) is 1. The van der Waals surface area contributed by atoms with E-state index in [1.54, 1.807) is 24.8 Å². The highest BCUT2D eigenvalue weighted by Gasteiger charge is 2.08. The summed E-state index contributed by atoms with van der Waals surface area (Å²) in [6.45, 7) is 2.24. The van der Waals surface area contributed by atoms with Crippen molar-refractivity contribution < 1.29 is 9.53 Å². The van der Waals surface area contributed by atoms with E-state index in [1.807, 2.05) is 12.3 Å². The first-order valence-corrected chi connectivity index (χ1v) is 5.63. The molecule has 0 aromatic carbocycles. The van der Waals surface area contributed by atoms with Crippen LogP contribution in [0, 0.1) is 0 Å². The van der Waals surface area contributed by atoms with Crippen molar-refractivity contribution >= 4 is 29.1 Å².